The van der Waals surface area contributed by atoms with Crippen molar-refractivity contribution in [1.82, 2.24) is 4.90 Å². The van der Waals surface area contributed by atoms with Crippen LogP contribution in [0.15, 0.2) is 0 Å². The van der Waals surface area contributed by atoms with Crippen molar-refractivity contribution >= 4 is 5.91 Å². The molecule has 0 N–H and O–H groups in total. The molecule has 3 nitrogen and oxygen atoms in total. The molecule has 0 spiro atoms. The molecular formula is C8H12FNO2. The summed E-state index contributed by atoms with van der Waals surface area (Å²) in [4.78, 5) is 12.8. The highest BCUT2D eigenvalue weighted by atomic mass is 19.1. The molecular weight excluding hydrogens is 161 g/mol. The lowest BCUT2D eigenvalue weighted by molar-refractivity contribution is -0.145. The molecule has 0 aromatic heterocycles. The largest absolute Gasteiger partial charge is 0.354 e. The van der Waals surface area contributed by atoms with Crippen LogP contribution in [-0.2, 0) is 9.53 Å². The highest BCUT2D eigenvalue weighted by Gasteiger charge is 2.51. The molecule has 0 aromatic rings. The first kappa shape index (κ1) is 7.98. The molecule has 2 fully saturated rings. The summed E-state index contributed by atoms with van der Waals surface area (Å²) in [5.41, 5.74) is -0.609. The third kappa shape index (κ3) is 0.874. The zero-order valence-corrected chi connectivity index (χ0v) is 7.21. The fourth-order valence-corrected chi connectivity index (χ4v) is 1.99. The Kier molecular flexibility index (Phi) is 1.46. The Hall–Kier alpha value is -0.640. The van der Waals surface area contributed by atoms with Gasteiger partial charge in [0, 0.05) is 6.42 Å². The van der Waals surface area contributed by atoms with Crippen LogP contribution in [0.25, 0.3) is 0 Å². The summed E-state index contributed by atoms with van der Waals surface area (Å²) >= 11 is 0. The number of carbonyl (C=O) groups is 1. The average molecular weight is 173 g/mol. The van der Waals surface area contributed by atoms with Gasteiger partial charge in [0.1, 0.15) is 5.72 Å². The predicted molar refractivity (Wildman–Crippen MR) is 40.2 cm³/mol. The third-order valence-electron chi connectivity index (χ3n) is 2.56. The van der Waals surface area contributed by atoms with Gasteiger partial charge in [-0.15, -0.1) is 0 Å². The van der Waals surface area contributed by atoms with Crippen LogP contribution < -0.4 is 0 Å². The van der Waals surface area contributed by atoms with Gasteiger partial charge in [-0.3, -0.25) is 4.79 Å². The lowest BCUT2D eigenvalue weighted by Crippen LogP contribution is -2.44. The Morgan fingerprint density at radius 2 is 2.33 bits per heavy atom. The van der Waals surface area contributed by atoms with Crippen LogP contribution in [0, 0.1) is 0 Å². The van der Waals surface area contributed by atoms with Crippen LogP contribution in [0.3, 0.4) is 0 Å². The summed E-state index contributed by atoms with van der Waals surface area (Å²) in [7, 11) is 0. The number of amides is 1. The van der Waals surface area contributed by atoms with Crippen molar-refractivity contribution in [3.8, 4) is 0 Å². The maximum Gasteiger partial charge on any atom is 0.259 e. The molecule has 0 aliphatic carbocycles. The first-order valence-corrected chi connectivity index (χ1v) is 4.13. The van der Waals surface area contributed by atoms with Crippen LogP contribution >= 0.6 is 0 Å². The van der Waals surface area contributed by atoms with Gasteiger partial charge in [-0.1, -0.05) is 0 Å². The number of ether oxygens (including phenoxy) is 1. The van der Waals surface area contributed by atoms with Gasteiger partial charge in [0.2, 0.25) is 0 Å². The normalized spacial score (nSPS) is 38.9. The Morgan fingerprint density at radius 1 is 1.67 bits per heavy atom. The number of rotatable bonds is 0. The van der Waals surface area contributed by atoms with Crippen LogP contribution in [0.2, 0.25) is 0 Å². The molecule has 1 amide bonds. The van der Waals surface area contributed by atoms with E-state index >= 15 is 0 Å². The number of carbonyl (C=O) groups excluding carboxylic acids is 1. The Morgan fingerprint density at radius 3 is 2.92 bits per heavy atom. The fourth-order valence-electron chi connectivity index (χ4n) is 1.99. The minimum Gasteiger partial charge on any atom is -0.354 e. The van der Waals surface area contributed by atoms with Crippen molar-refractivity contribution in [1.29, 1.82) is 0 Å². The van der Waals surface area contributed by atoms with E-state index in [2.05, 4.69) is 0 Å². The first-order valence-electron chi connectivity index (χ1n) is 4.13. The molecule has 2 aliphatic rings. The van der Waals surface area contributed by atoms with E-state index in [9.17, 15) is 9.18 Å². The molecule has 0 saturated carbocycles. The first-order chi connectivity index (χ1) is 5.52. The highest BCUT2D eigenvalue weighted by molar-refractivity contribution is 5.84. The zero-order chi connectivity index (χ0) is 8.93. The van der Waals surface area contributed by atoms with E-state index in [1.807, 2.05) is 0 Å². The number of halogens is 1. The summed E-state index contributed by atoms with van der Waals surface area (Å²) in [5.74, 6) is -0.414. The SMILES string of the molecule is CC1(C)OC[C@H]2C[C@@H](F)C(=O)N21. The Labute approximate surface area is 70.5 Å². The van der Waals surface area contributed by atoms with E-state index in [1.165, 1.54) is 4.90 Å². The molecule has 2 rings (SSSR count). The lowest BCUT2D eigenvalue weighted by Gasteiger charge is -2.28. The molecule has 4 heteroatoms. The van der Waals surface area contributed by atoms with E-state index in [-0.39, 0.29) is 6.04 Å². The van der Waals surface area contributed by atoms with Crippen molar-refractivity contribution < 1.29 is 13.9 Å². The van der Waals surface area contributed by atoms with Gasteiger partial charge >= 0.3 is 0 Å². The highest BCUT2D eigenvalue weighted by Crippen LogP contribution is 2.35. The van der Waals surface area contributed by atoms with E-state index in [4.69, 9.17) is 4.74 Å². The summed E-state index contributed by atoms with van der Waals surface area (Å²) in [6.45, 7) is 4.06. The molecule has 0 radical (unpaired) electrons. The van der Waals surface area contributed by atoms with Gasteiger partial charge < -0.3 is 9.64 Å². The quantitative estimate of drug-likeness (QED) is 0.539. The molecule has 2 saturated heterocycles. The molecule has 12 heavy (non-hydrogen) atoms. The van der Waals surface area contributed by atoms with E-state index in [0.717, 1.165) is 0 Å². The summed E-state index contributed by atoms with van der Waals surface area (Å²) in [6.07, 6.45) is -1.01. The maximum absolute atomic E-state index is 12.9. The monoisotopic (exact) mass is 173 g/mol. The van der Waals surface area contributed by atoms with Crippen LogP contribution in [-0.4, -0.2) is 35.4 Å². The van der Waals surface area contributed by atoms with Crippen molar-refractivity contribution in [3.05, 3.63) is 0 Å². The number of hydrogen-bond acceptors (Lipinski definition) is 2. The van der Waals surface area contributed by atoms with Crippen LogP contribution in [0.1, 0.15) is 20.3 Å². The second kappa shape index (κ2) is 2.19. The summed E-state index contributed by atoms with van der Waals surface area (Å²) < 4.78 is 18.3. The van der Waals surface area contributed by atoms with Crippen molar-refractivity contribution in [3.63, 3.8) is 0 Å². The smallest absolute Gasteiger partial charge is 0.259 e. The molecule has 0 bridgehead atoms. The number of fused-ring (bicyclic) bond motifs is 1. The van der Waals surface area contributed by atoms with Gasteiger partial charge in [0.15, 0.2) is 6.17 Å². The Bertz CT molecular complexity index is 229. The van der Waals surface area contributed by atoms with Crippen molar-refractivity contribution in [2.24, 2.45) is 0 Å². The molecule has 0 aromatic carbocycles. The maximum atomic E-state index is 12.9. The summed E-state index contributed by atoms with van der Waals surface area (Å²) in [6, 6.07) is -0.0394. The summed E-state index contributed by atoms with van der Waals surface area (Å²) in [5, 5.41) is 0. The van der Waals surface area contributed by atoms with Crippen LogP contribution in [0.4, 0.5) is 4.39 Å². The fraction of sp³-hybridized carbons (Fsp3) is 0.875. The van der Waals surface area contributed by atoms with Crippen molar-refractivity contribution in [2.45, 2.75) is 38.2 Å². The molecule has 2 heterocycles. The molecule has 2 aliphatic heterocycles. The Balaban J connectivity index is 2.27. The zero-order valence-electron chi connectivity index (χ0n) is 7.21. The van der Waals surface area contributed by atoms with Gasteiger partial charge in [-0.2, -0.15) is 0 Å². The van der Waals surface area contributed by atoms with E-state index < -0.39 is 17.8 Å². The topological polar surface area (TPSA) is 29.5 Å². The number of nitrogens with zero attached hydrogens (tertiary/aromatic N) is 1. The molecule has 0 unspecified atom stereocenters. The van der Waals surface area contributed by atoms with E-state index in [1.54, 1.807) is 13.8 Å². The van der Waals surface area contributed by atoms with Gasteiger partial charge in [-0.05, 0) is 13.8 Å². The number of hydrogen-bond donors (Lipinski definition) is 0. The minimum absolute atomic E-state index is 0.0394. The van der Waals surface area contributed by atoms with Gasteiger partial charge in [0.25, 0.3) is 5.91 Å². The minimum atomic E-state index is -1.31. The van der Waals surface area contributed by atoms with Gasteiger partial charge in [-0.25, -0.2) is 4.39 Å². The third-order valence-corrected chi connectivity index (χ3v) is 2.56. The second-order valence-corrected chi connectivity index (χ2v) is 3.82. The lowest BCUT2D eigenvalue weighted by atomic mass is 10.2. The van der Waals surface area contributed by atoms with Gasteiger partial charge in [0.05, 0.1) is 12.6 Å². The predicted octanol–water partition coefficient (Wildman–Crippen LogP) is 0.692. The van der Waals surface area contributed by atoms with Crippen molar-refractivity contribution in [2.75, 3.05) is 6.61 Å². The average Bonchev–Trinajstić information content (AvgIpc) is 2.39. The molecule has 68 valence electrons. The molecule has 2 atom stereocenters. The standard InChI is InChI=1S/C8H12FNO2/c1-8(2)10-5(4-12-8)3-6(9)7(10)11/h5-6H,3-4H2,1-2H3/t5-,6-/m1/s1. The van der Waals surface area contributed by atoms with Crippen LogP contribution in [0.5, 0.6) is 0 Å². The van der Waals surface area contributed by atoms with E-state index in [0.29, 0.717) is 13.0 Å². The number of alkyl halides is 1. The second-order valence-electron chi connectivity index (χ2n) is 3.82.